The van der Waals surface area contributed by atoms with Gasteiger partial charge in [-0.25, -0.2) is 10.0 Å². The molecule has 2 aliphatic rings. The highest BCUT2D eigenvalue weighted by Gasteiger charge is 2.23. The largest absolute Gasteiger partial charge is 0.396 e. The van der Waals surface area contributed by atoms with E-state index < -0.39 is 0 Å². The van der Waals surface area contributed by atoms with Crippen molar-refractivity contribution in [2.45, 2.75) is 44.9 Å². The first kappa shape index (κ1) is 12.3. The molecule has 0 aromatic heterocycles. The van der Waals surface area contributed by atoms with Gasteiger partial charge in [-0.2, -0.15) is 0 Å². The van der Waals surface area contributed by atoms with Crippen LogP contribution in [0.5, 0.6) is 0 Å². The summed E-state index contributed by atoms with van der Waals surface area (Å²) in [7, 11) is 0. The lowest BCUT2D eigenvalue weighted by molar-refractivity contribution is -0.0486. The SMILES string of the molecule is OCCC1CCN(N2CCCCCC2)CC1. The van der Waals surface area contributed by atoms with E-state index in [1.54, 1.807) is 0 Å². The highest BCUT2D eigenvalue weighted by atomic mass is 16.3. The van der Waals surface area contributed by atoms with Gasteiger partial charge in [-0.15, -0.1) is 0 Å². The molecule has 0 radical (unpaired) electrons. The molecule has 2 aliphatic heterocycles. The normalized spacial score (nSPS) is 26.8. The third kappa shape index (κ3) is 3.44. The molecule has 3 heteroatoms. The molecular formula is C13H26N2O. The van der Waals surface area contributed by atoms with Crippen LogP contribution in [0.25, 0.3) is 0 Å². The molecule has 94 valence electrons. The minimum atomic E-state index is 0.369. The Morgan fingerprint density at radius 3 is 1.94 bits per heavy atom. The van der Waals surface area contributed by atoms with E-state index in [2.05, 4.69) is 10.0 Å². The Hall–Kier alpha value is -0.120. The molecule has 2 saturated heterocycles. The standard InChI is InChI=1S/C13H26N2O/c16-12-7-13-5-10-15(11-6-13)14-8-3-1-2-4-9-14/h13,16H,1-12H2. The predicted octanol–water partition coefficient (Wildman–Crippen LogP) is 1.87. The Kier molecular flexibility index (Phi) is 5.07. The van der Waals surface area contributed by atoms with Crippen LogP contribution in [0, 0.1) is 5.92 Å². The maximum atomic E-state index is 8.95. The van der Waals surface area contributed by atoms with Crippen molar-refractivity contribution in [1.82, 2.24) is 10.0 Å². The minimum Gasteiger partial charge on any atom is -0.396 e. The fourth-order valence-electron chi connectivity index (χ4n) is 3.01. The van der Waals surface area contributed by atoms with Crippen LogP contribution in [-0.2, 0) is 0 Å². The molecule has 2 rings (SSSR count). The monoisotopic (exact) mass is 226 g/mol. The molecule has 0 atom stereocenters. The van der Waals surface area contributed by atoms with Crippen LogP contribution in [0.2, 0.25) is 0 Å². The van der Waals surface area contributed by atoms with Crippen LogP contribution in [-0.4, -0.2) is 47.9 Å². The van der Waals surface area contributed by atoms with E-state index in [1.165, 1.54) is 64.7 Å². The van der Waals surface area contributed by atoms with Gasteiger partial charge < -0.3 is 5.11 Å². The molecule has 3 nitrogen and oxygen atoms in total. The molecular weight excluding hydrogens is 200 g/mol. The number of aliphatic hydroxyl groups excluding tert-OH is 1. The first-order valence-corrected chi connectivity index (χ1v) is 7.01. The summed E-state index contributed by atoms with van der Waals surface area (Å²) in [6.45, 7) is 5.33. The number of hydrogen-bond donors (Lipinski definition) is 1. The second-order valence-electron chi connectivity index (χ2n) is 5.28. The predicted molar refractivity (Wildman–Crippen MR) is 66.0 cm³/mol. The quantitative estimate of drug-likeness (QED) is 0.796. The Balaban J connectivity index is 1.74. The zero-order chi connectivity index (χ0) is 11.2. The molecule has 0 aromatic rings. The molecule has 0 unspecified atom stereocenters. The van der Waals surface area contributed by atoms with Crippen molar-refractivity contribution in [2.24, 2.45) is 5.92 Å². The van der Waals surface area contributed by atoms with Crippen LogP contribution in [0.4, 0.5) is 0 Å². The number of rotatable bonds is 3. The molecule has 0 saturated carbocycles. The lowest BCUT2D eigenvalue weighted by atomic mass is 9.95. The number of nitrogens with zero attached hydrogens (tertiary/aromatic N) is 2. The average molecular weight is 226 g/mol. The van der Waals surface area contributed by atoms with Gasteiger partial charge in [0.1, 0.15) is 0 Å². The van der Waals surface area contributed by atoms with Gasteiger partial charge in [0.15, 0.2) is 0 Å². The van der Waals surface area contributed by atoms with Crippen molar-refractivity contribution in [2.75, 3.05) is 32.8 Å². The van der Waals surface area contributed by atoms with Crippen LogP contribution in [0.1, 0.15) is 44.9 Å². The summed E-state index contributed by atoms with van der Waals surface area (Å²) in [6.07, 6.45) is 9.13. The average Bonchev–Trinajstić information content (AvgIpc) is 2.59. The maximum absolute atomic E-state index is 8.95. The summed E-state index contributed by atoms with van der Waals surface area (Å²) in [5.74, 6) is 0.772. The Bertz CT molecular complexity index is 182. The van der Waals surface area contributed by atoms with E-state index in [1.807, 2.05) is 0 Å². The van der Waals surface area contributed by atoms with Crippen molar-refractivity contribution in [3.05, 3.63) is 0 Å². The van der Waals surface area contributed by atoms with Gasteiger partial charge in [0.25, 0.3) is 0 Å². The molecule has 0 aliphatic carbocycles. The van der Waals surface area contributed by atoms with Gasteiger partial charge in [0.2, 0.25) is 0 Å². The minimum absolute atomic E-state index is 0.369. The topological polar surface area (TPSA) is 26.7 Å². The summed E-state index contributed by atoms with van der Waals surface area (Å²) in [4.78, 5) is 0. The highest BCUT2D eigenvalue weighted by Crippen LogP contribution is 2.22. The fraction of sp³-hybridized carbons (Fsp3) is 1.00. The number of piperidine rings is 1. The van der Waals surface area contributed by atoms with E-state index in [9.17, 15) is 0 Å². The number of hydrogen-bond acceptors (Lipinski definition) is 3. The van der Waals surface area contributed by atoms with Crippen LogP contribution in [0.3, 0.4) is 0 Å². The van der Waals surface area contributed by atoms with E-state index in [0.29, 0.717) is 6.61 Å². The van der Waals surface area contributed by atoms with Crippen LogP contribution in [0.15, 0.2) is 0 Å². The second-order valence-corrected chi connectivity index (χ2v) is 5.28. The van der Waals surface area contributed by atoms with Crippen molar-refractivity contribution in [3.8, 4) is 0 Å². The summed E-state index contributed by atoms with van der Waals surface area (Å²) in [5.41, 5.74) is 0. The summed E-state index contributed by atoms with van der Waals surface area (Å²) in [6, 6.07) is 0. The van der Waals surface area contributed by atoms with Gasteiger partial charge in [0.05, 0.1) is 0 Å². The zero-order valence-electron chi connectivity index (χ0n) is 10.4. The summed E-state index contributed by atoms with van der Waals surface area (Å²) >= 11 is 0. The van der Waals surface area contributed by atoms with Gasteiger partial charge in [0, 0.05) is 32.8 Å². The van der Waals surface area contributed by atoms with Gasteiger partial charge >= 0.3 is 0 Å². The Labute approximate surface area is 99.4 Å². The molecule has 1 N–H and O–H groups in total. The molecule has 2 fully saturated rings. The zero-order valence-corrected chi connectivity index (χ0v) is 10.4. The Morgan fingerprint density at radius 1 is 0.812 bits per heavy atom. The smallest absolute Gasteiger partial charge is 0.0433 e. The third-order valence-electron chi connectivity index (χ3n) is 4.11. The van der Waals surface area contributed by atoms with Crippen molar-refractivity contribution < 1.29 is 5.11 Å². The third-order valence-corrected chi connectivity index (χ3v) is 4.11. The van der Waals surface area contributed by atoms with E-state index in [-0.39, 0.29) is 0 Å². The second kappa shape index (κ2) is 6.58. The first-order valence-electron chi connectivity index (χ1n) is 7.01. The van der Waals surface area contributed by atoms with E-state index >= 15 is 0 Å². The van der Waals surface area contributed by atoms with Gasteiger partial charge in [-0.1, -0.05) is 12.8 Å². The molecule has 0 spiro atoms. The van der Waals surface area contributed by atoms with Crippen molar-refractivity contribution in [1.29, 1.82) is 0 Å². The fourth-order valence-corrected chi connectivity index (χ4v) is 3.01. The Morgan fingerprint density at radius 2 is 1.38 bits per heavy atom. The molecule has 0 aromatic carbocycles. The molecule has 16 heavy (non-hydrogen) atoms. The molecule has 2 heterocycles. The van der Waals surface area contributed by atoms with E-state index in [0.717, 1.165) is 12.3 Å². The van der Waals surface area contributed by atoms with Crippen molar-refractivity contribution >= 4 is 0 Å². The summed E-state index contributed by atoms with van der Waals surface area (Å²) < 4.78 is 0. The first-order chi connectivity index (χ1) is 7.90. The summed E-state index contributed by atoms with van der Waals surface area (Å²) in [5, 5.41) is 14.1. The van der Waals surface area contributed by atoms with Gasteiger partial charge in [-0.3, -0.25) is 0 Å². The van der Waals surface area contributed by atoms with Crippen LogP contribution >= 0.6 is 0 Å². The maximum Gasteiger partial charge on any atom is 0.0433 e. The lowest BCUT2D eigenvalue weighted by Crippen LogP contribution is -2.47. The van der Waals surface area contributed by atoms with E-state index in [4.69, 9.17) is 5.11 Å². The number of aliphatic hydroxyl groups is 1. The number of hydrazine groups is 1. The van der Waals surface area contributed by atoms with Crippen LogP contribution < -0.4 is 0 Å². The molecule has 0 bridgehead atoms. The van der Waals surface area contributed by atoms with Crippen molar-refractivity contribution in [3.63, 3.8) is 0 Å². The molecule has 0 amide bonds. The highest BCUT2D eigenvalue weighted by molar-refractivity contribution is 4.72. The lowest BCUT2D eigenvalue weighted by Gasteiger charge is -2.39. The van der Waals surface area contributed by atoms with Gasteiger partial charge in [-0.05, 0) is 38.0 Å².